The van der Waals surface area contributed by atoms with Crippen molar-refractivity contribution in [2.75, 3.05) is 13.2 Å². The smallest absolute Gasteiger partial charge is 0.444 e. The minimum Gasteiger partial charge on any atom is -0.444 e. The highest BCUT2D eigenvalue weighted by Crippen LogP contribution is 2.35. The van der Waals surface area contributed by atoms with Crippen LogP contribution in [-0.4, -0.2) is 37.1 Å². The maximum absolute atomic E-state index is 12.2. The largest absolute Gasteiger partial charge is 0.482 e. The maximum atomic E-state index is 12.2. The molecule has 4 nitrogen and oxygen atoms in total. The van der Waals surface area contributed by atoms with E-state index in [2.05, 4.69) is 4.74 Å². The molecule has 0 aromatic carbocycles. The molecule has 0 aliphatic carbocycles. The van der Waals surface area contributed by atoms with Gasteiger partial charge in [0.1, 0.15) is 5.60 Å². The van der Waals surface area contributed by atoms with E-state index >= 15 is 0 Å². The first-order valence-electron chi connectivity index (χ1n) is 4.90. The predicted octanol–water partition coefficient (Wildman–Crippen LogP) is 2.68. The number of halogens is 5. The minimum absolute atomic E-state index is 0.527. The molecule has 0 heterocycles. The minimum atomic E-state index is -5.78. The summed E-state index contributed by atoms with van der Waals surface area (Å²) in [6, 6.07) is 0. The Morgan fingerprint density at radius 2 is 1.61 bits per heavy atom. The number of rotatable bonds is 4. The van der Waals surface area contributed by atoms with E-state index in [0.29, 0.717) is 0 Å². The Bertz CT molecular complexity index is 285. The zero-order valence-electron chi connectivity index (χ0n) is 10.0. The summed E-state index contributed by atoms with van der Waals surface area (Å²) < 4.78 is 67.5. The topological polar surface area (TPSA) is 47.6 Å². The lowest BCUT2D eigenvalue weighted by Gasteiger charge is -2.21. The molecule has 0 rings (SSSR count). The van der Waals surface area contributed by atoms with Gasteiger partial charge in [-0.3, -0.25) is 0 Å². The second-order valence-corrected chi connectivity index (χ2v) is 4.29. The lowest BCUT2D eigenvalue weighted by Crippen LogP contribution is -2.41. The van der Waals surface area contributed by atoms with Gasteiger partial charge in [-0.15, -0.1) is 0 Å². The summed E-state index contributed by atoms with van der Waals surface area (Å²) in [6.45, 7) is 3.19. The number of hydrogen-bond donors (Lipinski definition) is 1. The van der Waals surface area contributed by atoms with Crippen molar-refractivity contribution in [2.24, 2.45) is 0 Å². The molecule has 0 spiro atoms. The normalized spacial score (nSPS) is 13.3. The molecule has 18 heavy (non-hydrogen) atoms. The number of nitrogens with one attached hydrogen (secondary N) is 1. The lowest BCUT2D eigenvalue weighted by molar-refractivity contribution is -0.390. The van der Waals surface area contributed by atoms with Gasteiger partial charge in [0.05, 0.1) is 6.61 Å². The predicted molar refractivity (Wildman–Crippen MR) is 51.2 cm³/mol. The van der Waals surface area contributed by atoms with E-state index in [0.717, 1.165) is 0 Å². The molecule has 0 aliphatic rings. The van der Waals surface area contributed by atoms with Crippen LogP contribution in [0.25, 0.3) is 0 Å². The quantitative estimate of drug-likeness (QED) is 0.635. The van der Waals surface area contributed by atoms with Crippen molar-refractivity contribution in [1.82, 2.24) is 5.32 Å². The van der Waals surface area contributed by atoms with Crippen LogP contribution in [-0.2, 0) is 9.47 Å². The van der Waals surface area contributed by atoms with E-state index in [-0.39, 0.29) is 0 Å². The molecule has 1 amide bonds. The molecular formula is C9H14F5NO3. The zero-order valence-corrected chi connectivity index (χ0v) is 10.0. The molecule has 0 unspecified atom stereocenters. The number of carbonyl (C=O) groups is 1. The van der Waals surface area contributed by atoms with Crippen molar-refractivity contribution in [1.29, 1.82) is 0 Å². The molecule has 0 bridgehead atoms. The van der Waals surface area contributed by atoms with E-state index in [4.69, 9.17) is 4.74 Å². The van der Waals surface area contributed by atoms with Gasteiger partial charge in [0.2, 0.25) is 0 Å². The summed E-state index contributed by atoms with van der Waals surface area (Å²) in [5.74, 6) is 0. The molecule has 0 atom stereocenters. The summed E-state index contributed by atoms with van der Waals surface area (Å²) >= 11 is 0. The van der Waals surface area contributed by atoms with Gasteiger partial charge in [-0.2, -0.15) is 22.0 Å². The summed E-state index contributed by atoms with van der Waals surface area (Å²) in [4.78, 5) is 11.0. The van der Waals surface area contributed by atoms with Crippen LogP contribution in [0.15, 0.2) is 0 Å². The van der Waals surface area contributed by atoms with Crippen LogP contribution in [0.4, 0.5) is 26.7 Å². The Labute approximate surface area is 100 Å². The van der Waals surface area contributed by atoms with Gasteiger partial charge in [-0.1, -0.05) is 0 Å². The highest BCUT2D eigenvalue weighted by atomic mass is 19.4. The maximum Gasteiger partial charge on any atom is 0.482 e. The molecule has 0 aromatic rings. The number of alkyl halides is 5. The van der Waals surface area contributed by atoms with Crippen molar-refractivity contribution in [3.8, 4) is 0 Å². The van der Waals surface area contributed by atoms with Crippen LogP contribution in [0.2, 0.25) is 0 Å². The second kappa shape index (κ2) is 5.68. The Hall–Kier alpha value is -1.12. The van der Waals surface area contributed by atoms with E-state index in [1.165, 1.54) is 0 Å². The average molecular weight is 279 g/mol. The zero-order chi connectivity index (χ0) is 14.6. The summed E-state index contributed by atoms with van der Waals surface area (Å²) in [5, 5.41) is 1.98. The SMILES string of the molecule is CC(C)(C)OC(=O)NCCOC(F)(F)C(F)(F)F. The lowest BCUT2D eigenvalue weighted by atomic mass is 10.2. The van der Waals surface area contributed by atoms with Crippen LogP contribution in [0.3, 0.4) is 0 Å². The highest BCUT2D eigenvalue weighted by molar-refractivity contribution is 5.67. The Kier molecular flexibility index (Phi) is 5.33. The third-order valence-electron chi connectivity index (χ3n) is 1.38. The summed E-state index contributed by atoms with van der Waals surface area (Å²) in [6.07, 6.45) is -11.9. The highest BCUT2D eigenvalue weighted by Gasteiger charge is 2.59. The molecule has 108 valence electrons. The van der Waals surface area contributed by atoms with E-state index in [9.17, 15) is 26.7 Å². The number of carbonyl (C=O) groups excluding carboxylic acids is 1. The summed E-state index contributed by atoms with van der Waals surface area (Å²) in [7, 11) is 0. The standard InChI is InChI=1S/C9H14F5NO3/c1-7(2,3)18-6(16)15-4-5-17-9(13,14)8(10,11)12/h4-5H2,1-3H3,(H,15,16). The van der Waals surface area contributed by atoms with E-state index in [1.807, 2.05) is 5.32 Å². The molecule has 0 saturated carbocycles. The second-order valence-electron chi connectivity index (χ2n) is 4.29. The van der Waals surface area contributed by atoms with Crippen LogP contribution >= 0.6 is 0 Å². The van der Waals surface area contributed by atoms with Crippen LogP contribution in [0, 0.1) is 0 Å². The van der Waals surface area contributed by atoms with Gasteiger partial charge in [0.25, 0.3) is 0 Å². The fraction of sp³-hybridized carbons (Fsp3) is 0.889. The molecular weight excluding hydrogens is 265 g/mol. The van der Waals surface area contributed by atoms with Crippen LogP contribution in [0.5, 0.6) is 0 Å². The number of alkyl carbamates (subject to hydrolysis) is 1. The van der Waals surface area contributed by atoms with Crippen molar-refractivity contribution in [3.63, 3.8) is 0 Å². The molecule has 0 radical (unpaired) electrons. The molecule has 1 N–H and O–H groups in total. The van der Waals surface area contributed by atoms with Crippen molar-refractivity contribution < 1.29 is 36.2 Å². The molecule has 0 saturated heterocycles. The first-order valence-corrected chi connectivity index (χ1v) is 4.90. The first kappa shape index (κ1) is 16.9. The van der Waals surface area contributed by atoms with E-state index < -0.39 is 37.1 Å². The third kappa shape index (κ3) is 6.58. The van der Waals surface area contributed by atoms with Crippen molar-refractivity contribution >= 4 is 6.09 Å². The Balaban J connectivity index is 3.92. The summed E-state index contributed by atoms with van der Waals surface area (Å²) in [5.41, 5.74) is -0.791. The average Bonchev–Trinajstić information content (AvgIpc) is 2.07. The third-order valence-corrected chi connectivity index (χ3v) is 1.38. The Morgan fingerprint density at radius 3 is 2.00 bits per heavy atom. The van der Waals surface area contributed by atoms with Crippen LogP contribution in [0.1, 0.15) is 20.8 Å². The number of ether oxygens (including phenoxy) is 2. The van der Waals surface area contributed by atoms with Gasteiger partial charge >= 0.3 is 18.4 Å². The molecule has 0 fully saturated rings. The van der Waals surface area contributed by atoms with Crippen molar-refractivity contribution in [3.05, 3.63) is 0 Å². The monoisotopic (exact) mass is 279 g/mol. The first-order chi connectivity index (χ1) is 7.85. The van der Waals surface area contributed by atoms with Gasteiger partial charge in [-0.05, 0) is 20.8 Å². The number of hydrogen-bond acceptors (Lipinski definition) is 3. The molecule has 9 heteroatoms. The van der Waals surface area contributed by atoms with Gasteiger partial charge in [0.15, 0.2) is 0 Å². The van der Waals surface area contributed by atoms with E-state index in [1.54, 1.807) is 20.8 Å². The fourth-order valence-corrected chi connectivity index (χ4v) is 0.728. The van der Waals surface area contributed by atoms with Gasteiger partial charge in [0, 0.05) is 6.54 Å². The molecule has 0 aliphatic heterocycles. The van der Waals surface area contributed by atoms with Gasteiger partial charge in [-0.25, -0.2) is 4.79 Å². The number of amides is 1. The molecule has 0 aromatic heterocycles. The van der Waals surface area contributed by atoms with Crippen molar-refractivity contribution in [2.45, 2.75) is 38.7 Å². The Morgan fingerprint density at radius 1 is 1.11 bits per heavy atom. The van der Waals surface area contributed by atoms with Gasteiger partial charge < -0.3 is 14.8 Å². The van der Waals surface area contributed by atoms with Crippen LogP contribution < -0.4 is 5.32 Å². The fourth-order valence-electron chi connectivity index (χ4n) is 0.728.